The van der Waals surface area contributed by atoms with Gasteiger partial charge in [-0.2, -0.15) is 0 Å². The second kappa shape index (κ2) is 4.91. The maximum atomic E-state index is 12.9. The average Bonchev–Trinajstić information content (AvgIpc) is 2.90. The Morgan fingerprint density at radius 2 is 2.09 bits per heavy atom. The number of fused-ring (bicyclic) bond motifs is 5. The van der Waals surface area contributed by atoms with Crippen molar-refractivity contribution >= 4 is 11.6 Å². The van der Waals surface area contributed by atoms with E-state index in [4.69, 9.17) is 0 Å². The summed E-state index contributed by atoms with van der Waals surface area (Å²) in [4.78, 5) is 24.7. The van der Waals surface area contributed by atoms with E-state index < -0.39 is 0 Å². The van der Waals surface area contributed by atoms with Crippen LogP contribution in [0.1, 0.15) is 58.3 Å². The number of Topliss-reactive ketones (excluding diaryl/α,β-unsaturated/α-hetero) is 1. The fourth-order valence-electron chi connectivity index (χ4n) is 6.32. The Balaban J connectivity index is 1.76. The van der Waals surface area contributed by atoms with Gasteiger partial charge in [0, 0.05) is 18.8 Å². The van der Waals surface area contributed by atoms with Gasteiger partial charge in [0.1, 0.15) is 5.78 Å². The molecule has 5 atom stereocenters. The zero-order valence-electron chi connectivity index (χ0n) is 13.6. The molecule has 0 heterocycles. The van der Waals surface area contributed by atoms with Crippen molar-refractivity contribution in [3.63, 3.8) is 0 Å². The van der Waals surface area contributed by atoms with Crippen LogP contribution in [0.4, 0.5) is 0 Å². The highest BCUT2D eigenvalue weighted by molar-refractivity contribution is 5.94. The summed E-state index contributed by atoms with van der Waals surface area (Å²) in [5.74, 6) is 2.11. The molecule has 2 nitrogen and oxygen atoms in total. The fourth-order valence-corrected chi connectivity index (χ4v) is 6.32. The van der Waals surface area contributed by atoms with Gasteiger partial charge in [0.15, 0.2) is 5.78 Å². The number of allylic oxidation sites excluding steroid dienone is 2. The van der Waals surface area contributed by atoms with Crippen LogP contribution in [0.25, 0.3) is 0 Å². The topological polar surface area (TPSA) is 34.1 Å². The number of ketones is 2. The van der Waals surface area contributed by atoms with E-state index >= 15 is 0 Å². The SMILES string of the molecule is C=C1C[C@]2(CC)CCC[C@H]2[C@@H]2C(=O)CC3=CC(=O)CC[C@@H]3[C@@H]12. The molecule has 0 aromatic carbocycles. The summed E-state index contributed by atoms with van der Waals surface area (Å²) in [7, 11) is 0. The fraction of sp³-hybridized carbons (Fsp3) is 0.700. The summed E-state index contributed by atoms with van der Waals surface area (Å²) < 4.78 is 0. The zero-order chi connectivity index (χ0) is 15.5. The van der Waals surface area contributed by atoms with Crippen molar-refractivity contribution < 1.29 is 9.59 Å². The van der Waals surface area contributed by atoms with E-state index in [1.54, 1.807) is 6.08 Å². The lowest BCUT2D eigenvalue weighted by Crippen LogP contribution is -2.50. The minimum Gasteiger partial charge on any atom is -0.299 e. The van der Waals surface area contributed by atoms with E-state index in [0.29, 0.717) is 41.8 Å². The third-order valence-corrected chi connectivity index (χ3v) is 7.26. The van der Waals surface area contributed by atoms with E-state index in [1.165, 1.54) is 31.3 Å². The summed E-state index contributed by atoms with van der Waals surface area (Å²) in [6.45, 7) is 6.73. The van der Waals surface area contributed by atoms with Crippen LogP contribution in [0.2, 0.25) is 0 Å². The Labute approximate surface area is 133 Å². The Bertz CT molecular complexity index is 585. The van der Waals surface area contributed by atoms with Crippen LogP contribution >= 0.6 is 0 Å². The molecule has 0 aromatic rings. The Kier molecular flexibility index (Phi) is 3.22. The van der Waals surface area contributed by atoms with Gasteiger partial charge in [-0.15, -0.1) is 0 Å². The predicted molar refractivity (Wildman–Crippen MR) is 86.2 cm³/mol. The van der Waals surface area contributed by atoms with Gasteiger partial charge in [0.2, 0.25) is 0 Å². The number of hydrogen-bond acceptors (Lipinski definition) is 2. The van der Waals surface area contributed by atoms with Crippen molar-refractivity contribution in [3.8, 4) is 0 Å². The van der Waals surface area contributed by atoms with Crippen LogP contribution in [0.5, 0.6) is 0 Å². The summed E-state index contributed by atoms with van der Waals surface area (Å²) in [5, 5.41) is 0. The highest BCUT2D eigenvalue weighted by Crippen LogP contribution is 2.63. The van der Waals surface area contributed by atoms with Gasteiger partial charge in [-0.1, -0.05) is 31.1 Å². The lowest BCUT2D eigenvalue weighted by atomic mass is 9.50. The van der Waals surface area contributed by atoms with Crippen molar-refractivity contribution in [1.82, 2.24) is 0 Å². The van der Waals surface area contributed by atoms with E-state index in [9.17, 15) is 9.59 Å². The first-order valence-electron chi connectivity index (χ1n) is 8.99. The van der Waals surface area contributed by atoms with E-state index in [-0.39, 0.29) is 11.7 Å². The average molecular weight is 298 g/mol. The first-order chi connectivity index (χ1) is 10.6. The molecule has 0 unspecified atom stereocenters. The maximum Gasteiger partial charge on any atom is 0.155 e. The van der Waals surface area contributed by atoms with Crippen molar-refractivity contribution in [2.24, 2.45) is 29.1 Å². The molecule has 0 aliphatic heterocycles. The van der Waals surface area contributed by atoms with Crippen molar-refractivity contribution in [3.05, 3.63) is 23.8 Å². The molecule has 4 rings (SSSR count). The van der Waals surface area contributed by atoms with Crippen molar-refractivity contribution in [2.75, 3.05) is 0 Å². The summed E-state index contributed by atoms with van der Waals surface area (Å²) in [5.41, 5.74) is 2.77. The number of carbonyl (C=O) groups is 2. The van der Waals surface area contributed by atoms with Crippen LogP contribution in [0.15, 0.2) is 23.8 Å². The van der Waals surface area contributed by atoms with Gasteiger partial charge in [0.25, 0.3) is 0 Å². The molecular weight excluding hydrogens is 272 g/mol. The predicted octanol–water partition coefficient (Wildman–Crippen LogP) is 4.25. The molecule has 22 heavy (non-hydrogen) atoms. The third-order valence-electron chi connectivity index (χ3n) is 7.26. The first kappa shape index (κ1) is 14.4. The number of hydrogen-bond donors (Lipinski definition) is 0. The largest absolute Gasteiger partial charge is 0.299 e. The van der Waals surface area contributed by atoms with Gasteiger partial charge in [-0.3, -0.25) is 9.59 Å². The minimum absolute atomic E-state index is 0.194. The molecule has 0 radical (unpaired) electrons. The van der Waals surface area contributed by atoms with Gasteiger partial charge in [0.05, 0.1) is 0 Å². The van der Waals surface area contributed by atoms with Crippen molar-refractivity contribution in [2.45, 2.75) is 58.3 Å². The van der Waals surface area contributed by atoms with E-state index in [0.717, 1.165) is 18.4 Å². The van der Waals surface area contributed by atoms with Crippen LogP contribution in [-0.2, 0) is 9.59 Å². The molecule has 4 aliphatic carbocycles. The highest BCUT2D eigenvalue weighted by Gasteiger charge is 2.57. The van der Waals surface area contributed by atoms with Crippen LogP contribution < -0.4 is 0 Å². The molecule has 0 N–H and O–H groups in total. The summed E-state index contributed by atoms with van der Waals surface area (Å²) >= 11 is 0. The molecule has 3 saturated carbocycles. The third kappa shape index (κ3) is 1.85. The van der Waals surface area contributed by atoms with Gasteiger partial charge >= 0.3 is 0 Å². The molecular formula is C20H26O2. The second-order valence-electron chi connectivity index (χ2n) is 8.08. The van der Waals surface area contributed by atoms with E-state index in [2.05, 4.69) is 13.5 Å². The standard InChI is InChI=1S/C20H26O2/c1-3-20-8-4-5-16(20)19-17(22)10-13-9-14(21)6-7-15(13)18(19)12(2)11-20/h9,15-16,18-19H,2-8,10-11H2,1H3/t15-,16-,18+,19+,20-/m0/s1. The lowest BCUT2D eigenvalue weighted by Gasteiger charge is -2.53. The molecule has 0 amide bonds. The van der Waals surface area contributed by atoms with Crippen molar-refractivity contribution in [1.29, 1.82) is 0 Å². The molecule has 4 aliphatic rings. The molecule has 0 bridgehead atoms. The summed E-state index contributed by atoms with van der Waals surface area (Å²) in [6, 6.07) is 0. The molecule has 0 spiro atoms. The Morgan fingerprint density at radius 1 is 1.27 bits per heavy atom. The molecule has 0 saturated heterocycles. The second-order valence-corrected chi connectivity index (χ2v) is 8.08. The van der Waals surface area contributed by atoms with Gasteiger partial charge in [-0.25, -0.2) is 0 Å². The van der Waals surface area contributed by atoms with Crippen LogP contribution in [0, 0.1) is 29.1 Å². The molecule has 0 aromatic heterocycles. The Hall–Kier alpha value is -1.18. The van der Waals surface area contributed by atoms with Gasteiger partial charge in [-0.05, 0) is 61.3 Å². The first-order valence-corrected chi connectivity index (χ1v) is 8.99. The monoisotopic (exact) mass is 298 g/mol. The smallest absolute Gasteiger partial charge is 0.155 e. The highest BCUT2D eigenvalue weighted by atomic mass is 16.1. The maximum absolute atomic E-state index is 12.9. The van der Waals surface area contributed by atoms with Crippen LogP contribution in [-0.4, -0.2) is 11.6 Å². The molecule has 2 heteroatoms. The molecule has 3 fully saturated rings. The Morgan fingerprint density at radius 3 is 2.86 bits per heavy atom. The molecule has 118 valence electrons. The number of rotatable bonds is 1. The van der Waals surface area contributed by atoms with Crippen LogP contribution in [0.3, 0.4) is 0 Å². The zero-order valence-corrected chi connectivity index (χ0v) is 13.6. The summed E-state index contributed by atoms with van der Waals surface area (Å²) in [6.07, 6.45) is 9.96. The number of carbonyl (C=O) groups excluding carboxylic acids is 2. The van der Waals surface area contributed by atoms with E-state index in [1.807, 2.05) is 0 Å². The minimum atomic E-state index is 0.194. The normalized spacial score (nSPS) is 44.2. The van der Waals surface area contributed by atoms with Gasteiger partial charge < -0.3 is 0 Å². The lowest BCUT2D eigenvalue weighted by molar-refractivity contribution is -0.132. The quantitative estimate of drug-likeness (QED) is 0.678.